The van der Waals surface area contributed by atoms with Crippen LogP contribution in [0.5, 0.6) is 11.5 Å². The average Bonchev–Trinajstić information content (AvgIpc) is 2.61. The molecule has 0 bridgehead atoms. The lowest BCUT2D eigenvalue weighted by atomic mass is 10.1. The van der Waals surface area contributed by atoms with Crippen LogP contribution in [0.1, 0.15) is 31.4 Å². The Bertz CT molecular complexity index is 627. The molecule has 0 aliphatic heterocycles. The normalized spacial score (nSPS) is 13.4. The lowest BCUT2D eigenvalue weighted by Crippen LogP contribution is -2.37. The predicted molar refractivity (Wildman–Crippen MR) is 101 cm³/mol. The number of para-hydroxylation sites is 1. The number of aliphatic hydroxyl groups excluding tert-OH is 1. The van der Waals surface area contributed by atoms with Crippen LogP contribution >= 0.6 is 0 Å². The fourth-order valence-corrected chi connectivity index (χ4v) is 2.76. The van der Waals surface area contributed by atoms with Gasteiger partial charge in [-0.15, -0.1) is 0 Å². The van der Waals surface area contributed by atoms with Crippen LogP contribution in [0.15, 0.2) is 48.5 Å². The molecule has 4 heteroatoms. The molecule has 0 saturated heterocycles. The third-order valence-corrected chi connectivity index (χ3v) is 4.10. The summed E-state index contributed by atoms with van der Waals surface area (Å²) in [5.74, 6) is 1.14. The number of aryl methyl sites for hydroxylation is 1. The van der Waals surface area contributed by atoms with Crippen LogP contribution in [0, 0.1) is 0 Å². The first kappa shape index (κ1) is 19.3. The van der Waals surface area contributed by atoms with Crippen LogP contribution in [0.25, 0.3) is 0 Å². The summed E-state index contributed by atoms with van der Waals surface area (Å²) in [5, 5.41) is 22.8. The molecule has 4 nitrogen and oxygen atoms in total. The van der Waals surface area contributed by atoms with Gasteiger partial charge in [0.1, 0.15) is 24.2 Å². The highest BCUT2D eigenvalue weighted by molar-refractivity contribution is 5.33. The van der Waals surface area contributed by atoms with Gasteiger partial charge in [0.25, 0.3) is 0 Å². The topological polar surface area (TPSA) is 61.7 Å². The van der Waals surface area contributed by atoms with E-state index in [1.165, 1.54) is 5.56 Å². The summed E-state index contributed by atoms with van der Waals surface area (Å²) < 4.78 is 5.80. The molecule has 2 aromatic carbocycles. The van der Waals surface area contributed by atoms with Crippen LogP contribution in [0.2, 0.25) is 0 Å². The highest BCUT2D eigenvalue weighted by Gasteiger charge is 2.10. The van der Waals surface area contributed by atoms with Crippen molar-refractivity contribution in [3.63, 3.8) is 0 Å². The molecule has 0 fully saturated rings. The molecule has 0 aromatic heterocycles. The molecule has 3 N–H and O–H groups in total. The van der Waals surface area contributed by atoms with Gasteiger partial charge in [-0.2, -0.15) is 0 Å². The number of aliphatic hydroxyl groups is 1. The number of nitrogens with one attached hydrogen (secondary N) is 1. The first-order valence-corrected chi connectivity index (χ1v) is 8.98. The molecule has 2 atom stereocenters. The summed E-state index contributed by atoms with van der Waals surface area (Å²) in [6.45, 7) is 4.98. The predicted octanol–water partition coefficient (Wildman–Crippen LogP) is 3.31. The van der Waals surface area contributed by atoms with E-state index < -0.39 is 6.10 Å². The Kier molecular flexibility index (Phi) is 7.76. The standard InChI is InChI=1S/C21H29NO3/c1-3-6-18-7-4-5-8-21(18)25-15-20(24)14-22-16(2)13-17-9-11-19(23)12-10-17/h4-5,7-12,16,20,22-24H,3,6,13-15H2,1-2H3. The molecule has 0 saturated carbocycles. The van der Waals surface area contributed by atoms with Crippen LogP contribution in [-0.2, 0) is 12.8 Å². The first-order chi connectivity index (χ1) is 12.1. The van der Waals surface area contributed by atoms with Gasteiger partial charge >= 0.3 is 0 Å². The monoisotopic (exact) mass is 343 g/mol. The molecule has 2 rings (SSSR count). The van der Waals surface area contributed by atoms with Gasteiger partial charge in [0.05, 0.1) is 0 Å². The quantitative estimate of drug-likeness (QED) is 0.619. The fraction of sp³-hybridized carbons (Fsp3) is 0.429. The molecule has 2 aromatic rings. The minimum Gasteiger partial charge on any atom is -0.508 e. The van der Waals surface area contributed by atoms with E-state index in [4.69, 9.17) is 4.74 Å². The van der Waals surface area contributed by atoms with E-state index in [2.05, 4.69) is 25.2 Å². The molecule has 0 spiro atoms. The van der Waals surface area contributed by atoms with Crippen molar-refractivity contribution in [2.24, 2.45) is 0 Å². The Morgan fingerprint density at radius 3 is 2.52 bits per heavy atom. The van der Waals surface area contributed by atoms with E-state index in [1.54, 1.807) is 12.1 Å². The Balaban J connectivity index is 1.73. The second-order valence-corrected chi connectivity index (χ2v) is 6.50. The lowest BCUT2D eigenvalue weighted by molar-refractivity contribution is 0.103. The van der Waals surface area contributed by atoms with Crippen molar-refractivity contribution in [1.29, 1.82) is 0 Å². The maximum Gasteiger partial charge on any atom is 0.122 e. The number of rotatable bonds is 10. The van der Waals surface area contributed by atoms with E-state index in [1.807, 2.05) is 30.3 Å². The molecular formula is C21H29NO3. The molecular weight excluding hydrogens is 314 g/mol. The number of phenolic OH excluding ortho intramolecular Hbond substituents is 1. The van der Waals surface area contributed by atoms with E-state index in [0.29, 0.717) is 6.54 Å². The van der Waals surface area contributed by atoms with Crippen LogP contribution in [0.3, 0.4) is 0 Å². The van der Waals surface area contributed by atoms with E-state index in [-0.39, 0.29) is 18.4 Å². The van der Waals surface area contributed by atoms with Crippen LogP contribution in [-0.4, -0.2) is 35.5 Å². The molecule has 136 valence electrons. The summed E-state index contributed by atoms with van der Waals surface area (Å²) in [5.41, 5.74) is 2.34. The van der Waals surface area contributed by atoms with Crippen molar-refractivity contribution in [2.45, 2.75) is 45.3 Å². The van der Waals surface area contributed by atoms with Gasteiger partial charge in [0.15, 0.2) is 0 Å². The van der Waals surface area contributed by atoms with Gasteiger partial charge in [-0.1, -0.05) is 43.7 Å². The zero-order valence-corrected chi connectivity index (χ0v) is 15.1. The third-order valence-electron chi connectivity index (χ3n) is 4.10. The Morgan fingerprint density at radius 2 is 1.80 bits per heavy atom. The first-order valence-electron chi connectivity index (χ1n) is 8.98. The van der Waals surface area contributed by atoms with Gasteiger partial charge < -0.3 is 20.3 Å². The van der Waals surface area contributed by atoms with Crippen molar-refractivity contribution < 1.29 is 14.9 Å². The molecule has 0 aliphatic rings. The molecule has 0 aliphatic carbocycles. The minimum atomic E-state index is -0.558. The van der Waals surface area contributed by atoms with Gasteiger partial charge in [0, 0.05) is 12.6 Å². The Hall–Kier alpha value is -2.04. The number of hydrogen-bond acceptors (Lipinski definition) is 4. The summed E-state index contributed by atoms with van der Waals surface area (Å²) in [4.78, 5) is 0. The average molecular weight is 343 g/mol. The van der Waals surface area contributed by atoms with E-state index in [0.717, 1.165) is 30.6 Å². The molecule has 0 amide bonds. The van der Waals surface area contributed by atoms with Crippen LogP contribution in [0.4, 0.5) is 0 Å². The van der Waals surface area contributed by atoms with Crippen LogP contribution < -0.4 is 10.1 Å². The van der Waals surface area contributed by atoms with Crippen molar-refractivity contribution in [1.82, 2.24) is 5.32 Å². The minimum absolute atomic E-state index is 0.228. The van der Waals surface area contributed by atoms with Crippen molar-refractivity contribution in [3.8, 4) is 11.5 Å². The summed E-state index contributed by atoms with van der Waals surface area (Å²) >= 11 is 0. The molecule has 2 unspecified atom stereocenters. The summed E-state index contributed by atoms with van der Waals surface area (Å²) in [6, 6.07) is 15.4. The number of phenols is 1. The number of hydrogen-bond donors (Lipinski definition) is 3. The SMILES string of the molecule is CCCc1ccccc1OCC(O)CNC(C)Cc1ccc(O)cc1. The van der Waals surface area contributed by atoms with E-state index >= 15 is 0 Å². The number of ether oxygens (including phenoxy) is 1. The lowest BCUT2D eigenvalue weighted by Gasteiger charge is -2.18. The zero-order valence-electron chi connectivity index (χ0n) is 15.1. The number of benzene rings is 2. The summed E-state index contributed by atoms with van der Waals surface area (Å²) in [6.07, 6.45) is 2.33. The smallest absolute Gasteiger partial charge is 0.122 e. The second-order valence-electron chi connectivity index (χ2n) is 6.50. The molecule has 0 radical (unpaired) electrons. The van der Waals surface area contributed by atoms with Gasteiger partial charge in [-0.3, -0.25) is 0 Å². The zero-order chi connectivity index (χ0) is 18.1. The van der Waals surface area contributed by atoms with Gasteiger partial charge in [-0.25, -0.2) is 0 Å². The van der Waals surface area contributed by atoms with Crippen molar-refractivity contribution in [2.75, 3.05) is 13.2 Å². The highest BCUT2D eigenvalue weighted by atomic mass is 16.5. The maximum absolute atomic E-state index is 10.2. The van der Waals surface area contributed by atoms with Crippen molar-refractivity contribution >= 4 is 0 Å². The maximum atomic E-state index is 10.2. The number of aromatic hydroxyl groups is 1. The summed E-state index contributed by atoms with van der Waals surface area (Å²) in [7, 11) is 0. The third kappa shape index (κ3) is 6.77. The largest absolute Gasteiger partial charge is 0.508 e. The molecule has 0 heterocycles. The Labute approximate surface area is 150 Å². The second kappa shape index (κ2) is 10.1. The fourth-order valence-electron chi connectivity index (χ4n) is 2.76. The van der Waals surface area contributed by atoms with Gasteiger partial charge in [0.2, 0.25) is 0 Å². The highest BCUT2D eigenvalue weighted by Crippen LogP contribution is 2.19. The van der Waals surface area contributed by atoms with Crippen molar-refractivity contribution in [3.05, 3.63) is 59.7 Å². The Morgan fingerprint density at radius 1 is 1.08 bits per heavy atom. The van der Waals surface area contributed by atoms with Gasteiger partial charge in [-0.05, 0) is 49.1 Å². The van der Waals surface area contributed by atoms with E-state index in [9.17, 15) is 10.2 Å². The molecule has 25 heavy (non-hydrogen) atoms.